The molecule has 0 bridgehead atoms. The third-order valence-corrected chi connectivity index (χ3v) is 3.35. The van der Waals surface area contributed by atoms with Crippen molar-refractivity contribution in [3.63, 3.8) is 0 Å². The molecule has 1 aromatic rings. The van der Waals surface area contributed by atoms with E-state index in [9.17, 15) is 9.59 Å². The highest BCUT2D eigenvalue weighted by molar-refractivity contribution is 5.96. The van der Waals surface area contributed by atoms with Gasteiger partial charge in [-0.05, 0) is 30.7 Å². The number of hydrogen-bond acceptors (Lipinski definition) is 3. The Hall–Kier alpha value is -2.04. The van der Waals surface area contributed by atoms with E-state index in [0.717, 1.165) is 12.1 Å². The zero-order chi connectivity index (χ0) is 15.3. The third kappa shape index (κ3) is 3.98. The first-order chi connectivity index (χ1) is 9.27. The van der Waals surface area contributed by atoms with Crippen LogP contribution >= 0.6 is 0 Å². The minimum Gasteiger partial charge on any atom is -0.482 e. The van der Waals surface area contributed by atoms with Gasteiger partial charge in [0.1, 0.15) is 5.75 Å². The number of aliphatic carboxylic acids is 1. The van der Waals surface area contributed by atoms with Crippen LogP contribution in [-0.2, 0) is 9.59 Å². The van der Waals surface area contributed by atoms with Crippen LogP contribution in [0.4, 0.5) is 5.69 Å². The summed E-state index contributed by atoms with van der Waals surface area (Å²) in [6, 6.07) is 6.78. The van der Waals surface area contributed by atoms with Gasteiger partial charge in [-0.25, -0.2) is 4.79 Å². The molecule has 0 saturated carbocycles. The molecule has 0 spiro atoms. The summed E-state index contributed by atoms with van der Waals surface area (Å²) in [5, 5.41) is 8.53. The van der Waals surface area contributed by atoms with Gasteiger partial charge in [0.2, 0.25) is 5.91 Å². The van der Waals surface area contributed by atoms with Gasteiger partial charge in [-0.3, -0.25) is 4.79 Å². The fraction of sp³-hybridized carbons (Fsp3) is 0.467. The lowest BCUT2D eigenvalue weighted by Crippen LogP contribution is -2.38. The molecule has 0 aliphatic rings. The molecule has 0 aliphatic heterocycles. The maximum Gasteiger partial charge on any atom is 0.341 e. The van der Waals surface area contributed by atoms with E-state index in [1.165, 1.54) is 0 Å². The Morgan fingerprint density at radius 2 is 1.80 bits per heavy atom. The van der Waals surface area contributed by atoms with E-state index in [0.29, 0.717) is 5.75 Å². The lowest BCUT2D eigenvalue weighted by Gasteiger charge is -2.28. The molecule has 0 heterocycles. The maximum atomic E-state index is 12.3. The van der Waals surface area contributed by atoms with Crippen molar-refractivity contribution in [1.29, 1.82) is 0 Å². The summed E-state index contributed by atoms with van der Waals surface area (Å²) in [5.41, 5.74) is 0.340. The van der Waals surface area contributed by atoms with Crippen LogP contribution in [0.2, 0.25) is 0 Å². The van der Waals surface area contributed by atoms with E-state index in [1.807, 2.05) is 20.8 Å². The predicted octanol–water partition coefficient (Wildman–Crippen LogP) is 2.55. The molecule has 5 heteroatoms. The van der Waals surface area contributed by atoms with Crippen LogP contribution in [0.15, 0.2) is 24.3 Å². The fourth-order valence-corrected chi connectivity index (χ4v) is 1.63. The smallest absolute Gasteiger partial charge is 0.341 e. The summed E-state index contributed by atoms with van der Waals surface area (Å²) >= 11 is 0. The number of carbonyl (C=O) groups is 2. The van der Waals surface area contributed by atoms with Crippen molar-refractivity contribution in [2.45, 2.75) is 27.2 Å². The second kappa shape index (κ2) is 6.41. The number of rotatable bonds is 6. The van der Waals surface area contributed by atoms with Gasteiger partial charge in [0, 0.05) is 18.2 Å². The van der Waals surface area contributed by atoms with Gasteiger partial charge in [0.15, 0.2) is 6.61 Å². The normalized spacial score (nSPS) is 11.0. The number of ether oxygens (including phenoxy) is 1. The van der Waals surface area contributed by atoms with E-state index in [2.05, 4.69) is 0 Å². The Morgan fingerprint density at radius 3 is 2.25 bits per heavy atom. The zero-order valence-electron chi connectivity index (χ0n) is 12.3. The molecule has 110 valence electrons. The highest BCUT2D eigenvalue weighted by atomic mass is 16.5. The Balaban J connectivity index is 2.78. The average Bonchev–Trinajstić information content (AvgIpc) is 2.44. The van der Waals surface area contributed by atoms with Crippen molar-refractivity contribution in [2.24, 2.45) is 5.41 Å². The summed E-state index contributed by atoms with van der Waals surface area (Å²) in [4.78, 5) is 24.3. The Kier molecular flexibility index (Phi) is 5.13. The standard InChI is InChI=1S/C15H21NO4/c1-5-15(2,3)14(19)16(4)11-6-8-12(9-7-11)20-10-13(17)18/h6-9H,5,10H2,1-4H3,(H,17,18). The quantitative estimate of drug-likeness (QED) is 0.869. The minimum absolute atomic E-state index is 0.0409. The van der Waals surface area contributed by atoms with Crippen molar-refractivity contribution in [2.75, 3.05) is 18.6 Å². The molecule has 0 saturated heterocycles. The molecule has 20 heavy (non-hydrogen) atoms. The van der Waals surface area contributed by atoms with E-state index >= 15 is 0 Å². The lowest BCUT2D eigenvalue weighted by molar-refractivity contribution is -0.139. The van der Waals surface area contributed by atoms with Gasteiger partial charge in [-0.1, -0.05) is 20.8 Å². The van der Waals surface area contributed by atoms with Crippen molar-refractivity contribution < 1.29 is 19.4 Å². The van der Waals surface area contributed by atoms with E-state index < -0.39 is 11.4 Å². The highest BCUT2D eigenvalue weighted by Gasteiger charge is 2.29. The van der Waals surface area contributed by atoms with Crippen LogP contribution < -0.4 is 9.64 Å². The van der Waals surface area contributed by atoms with E-state index in [1.54, 1.807) is 36.2 Å². The topological polar surface area (TPSA) is 66.8 Å². The summed E-state index contributed by atoms with van der Waals surface area (Å²) in [5.74, 6) is -0.517. The number of anilines is 1. The summed E-state index contributed by atoms with van der Waals surface area (Å²) < 4.78 is 5.05. The highest BCUT2D eigenvalue weighted by Crippen LogP contribution is 2.26. The van der Waals surface area contributed by atoms with Crippen LogP contribution in [-0.4, -0.2) is 30.6 Å². The number of carboxylic acids is 1. The molecule has 1 N–H and O–H groups in total. The van der Waals surface area contributed by atoms with Crippen molar-refractivity contribution in [3.8, 4) is 5.75 Å². The van der Waals surface area contributed by atoms with Gasteiger partial charge in [-0.15, -0.1) is 0 Å². The molecular weight excluding hydrogens is 258 g/mol. The Bertz CT molecular complexity index is 479. The monoisotopic (exact) mass is 279 g/mol. The van der Waals surface area contributed by atoms with Gasteiger partial charge in [0.25, 0.3) is 0 Å². The Morgan fingerprint density at radius 1 is 1.25 bits per heavy atom. The number of amides is 1. The van der Waals surface area contributed by atoms with Crippen LogP contribution in [0.1, 0.15) is 27.2 Å². The molecule has 0 fully saturated rings. The second-order valence-electron chi connectivity index (χ2n) is 5.28. The summed E-state index contributed by atoms with van der Waals surface area (Å²) in [6.45, 7) is 5.43. The first-order valence-corrected chi connectivity index (χ1v) is 6.50. The average molecular weight is 279 g/mol. The second-order valence-corrected chi connectivity index (χ2v) is 5.28. The van der Waals surface area contributed by atoms with Gasteiger partial charge < -0.3 is 14.7 Å². The molecule has 5 nitrogen and oxygen atoms in total. The largest absolute Gasteiger partial charge is 0.482 e. The van der Waals surface area contributed by atoms with Crippen molar-refractivity contribution >= 4 is 17.6 Å². The third-order valence-electron chi connectivity index (χ3n) is 3.35. The van der Waals surface area contributed by atoms with Crippen molar-refractivity contribution in [3.05, 3.63) is 24.3 Å². The van der Waals surface area contributed by atoms with Crippen LogP contribution in [0.25, 0.3) is 0 Å². The van der Waals surface area contributed by atoms with Crippen LogP contribution in [0.5, 0.6) is 5.75 Å². The molecular formula is C15H21NO4. The Labute approximate surface area is 119 Å². The van der Waals surface area contributed by atoms with E-state index in [4.69, 9.17) is 9.84 Å². The zero-order valence-corrected chi connectivity index (χ0v) is 12.3. The predicted molar refractivity (Wildman–Crippen MR) is 77.1 cm³/mol. The van der Waals surface area contributed by atoms with Gasteiger partial charge in [-0.2, -0.15) is 0 Å². The van der Waals surface area contributed by atoms with Crippen LogP contribution in [0, 0.1) is 5.41 Å². The maximum absolute atomic E-state index is 12.3. The minimum atomic E-state index is -1.02. The SMILES string of the molecule is CCC(C)(C)C(=O)N(C)c1ccc(OCC(=O)O)cc1. The molecule has 0 radical (unpaired) electrons. The van der Waals surface area contributed by atoms with Crippen LogP contribution in [0.3, 0.4) is 0 Å². The van der Waals surface area contributed by atoms with Crippen molar-refractivity contribution in [1.82, 2.24) is 0 Å². The number of carboxylic acid groups (broad SMARTS) is 1. The lowest BCUT2D eigenvalue weighted by atomic mass is 9.88. The summed E-state index contributed by atoms with van der Waals surface area (Å²) in [6.07, 6.45) is 0.760. The number of nitrogens with zero attached hydrogens (tertiary/aromatic N) is 1. The number of hydrogen-bond donors (Lipinski definition) is 1. The van der Waals surface area contributed by atoms with Gasteiger partial charge in [0.05, 0.1) is 0 Å². The molecule has 0 unspecified atom stereocenters. The molecule has 0 aromatic heterocycles. The first kappa shape index (κ1) is 16.0. The molecule has 0 aliphatic carbocycles. The number of carbonyl (C=O) groups excluding carboxylic acids is 1. The van der Waals surface area contributed by atoms with E-state index in [-0.39, 0.29) is 12.5 Å². The fourth-order valence-electron chi connectivity index (χ4n) is 1.63. The summed E-state index contributed by atoms with van der Waals surface area (Å²) in [7, 11) is 1.73. The molecule has 0 atom stereocenters. The first-order valence-electron chi connectivity index (χ1n) is 6.50. The van der Waals surface area contributed by atoms with Gasteiger partial charge >= 0.3 is 5.97 Å². The molecule has 1 aromatic carbocycles. The molecule has 1 rings (SSSR count). The molecule has 1 amide bonds. The number of benzene rings is 1.